The standard InChI is InChI=1S/C23H25Se/c1-18-10-14-21(15-11-18)24(20-8-6-5-7-9-20)22-16-12-19(13-17-22)23(2,3)4/h5-17H,1-4H3/q+1. The number of hydrogen-bond acceptors (Lipinski definition) is 0. The molecule has 0 aromatic heterocycles. The van der Waals surface area contributed by atoms with Crippen molar-refractivity contribution in [2.75, 3.05) is 0 Å². The van der Waals surface area contributed by atoms with Gasteiger partial charge in [-0.2, -0.15) is 0 Å². The second-order valence-electron chi connectivity index (χ2n) is 7.21. The molecule has 0 amide bonds. The van der Waals surface area contributed by atoms with Crippen LogP contribution in [0.15, 0.2) is 78.9 Å². The van der Waals surface area contributed by atoms with Crippen LogP contribution in [0.25, 0.3) is 0 Å². The van der Waals surface area contributed by atoms with Crippen LogP contribution >= 0.6 is 0 Å². The Labute approximate surface area is 150 Å². The molecule has 1 unspecified atom stereocenters. The molecular weight excluding hydrogens is 355 g/mol. The maximum absolute atomic E-state index is 2.35. The second-order valence-corrected chi connectivity index (χ2v) is 11.5. The van der Waals surface area contributed by atoms with Crippen LogP contribution in [-0.4, -0.2) is 13.9 Å². The predicted octanol–water partition coefficient (Wildman–Crippen LogP) is 3.81. The molecular formula is C23H25Se+. The van der Waals surface area contributed by atoms with Crippen molar-refractivity contribution in [1.29, 1.82) is 0 Å². The molecule has 3 aromatic carbocycles. The molecule has 0 nitrogen and oxygen atoms in total. The minimum atomic E-state index is -1.24. The number of rotatable bonds is 3. The monoisotopic (exact) mass is 381 g/mol. The van der Waals surface area contributed by atoms with Gasteiger partial charge in [0.15, 0.2) is 0 Å². The van der Waals surface area contributed by atoms with Gasteiger partial charge in [0.1, 0.15) is 0 Å². The molecule has 0 saturated carbocycles. The third-order valence-electron chi connectivity index (χ3n) is 4.19. The van der Waals surface area contributed by atoms with E-state index in [0.717, 1.165) is 0 Å². The van der Waals surface area contributed by atoms with Crippen LogP contribution in [0.1, 0.15) is 31.9 Å². The van der Waals surface area contributed by atoms with Gasteiger partial charge in [-0.05, 0) is 0 Å². The normalized spacial score (nSPS) is 12.8. The van der Waals surface area contributed by atoms with Crippen LogP contribution in [0.5, 0.6) is 0 Å². The molecule has 0 aliphatic rings. The fraction of sp³-hybridized carbons (Fsp3) is 0.217. The summed E-state index contributed by atoms with van der Waals surface area (Å²) >= 11 is -1.24. The van der Waals surface area contributed by atoms with E-state index < -0.39 is 13.9 Å². The van der Waals surface area contributed by atoms with E-state index in [9.17, 15) is 0 Å². The molecule has 3 aromatic rings. The number of aryl methyl sites for hydroxylation is 1. The van der Waals surface area contributed by atoms with Gasteiger partial charge in [0.05, 0.1) is 0 Å². The van der Waals surface area contributed by atoms with Gasteiger partial charge in [-0.15, -0.1) is 0 Å². The fourth-order valence-electron chi connectivity index (χ4n) is 2.73. The fourth-order valence-corrected chi connectivity index (χ4v) is 7.06. The zero-order chi connectivity index (χ0) is 17.2. The Balaban J connectivity index is 2.06. The maximum atomic E-state index is 2.35. The van der Waals surface area contributed by atoms with Crippen LogP contribution in [-0.2, 0) is 5.41 Å². The molecule has 1 heteroatoms. The SMILES string of the molecule is Cc1ccc([Se+](c2ccccc2)c2ccc(C(C)(C)C)cc2)cc1. The summed E-state index contributed by atoms with van der Waals surface area (Å²) < 4.78 is 4.40. The third-order valence-corrected chi connectivity index (χ3v) is 8.87. The molecule has 0 radical (unpaired) electrons. The topological polar surface area (TPSA) is 0 Å². The van der Waals surface area contributed by atoms with Crippen molar-refractivity contribution in [3.63, 3.8) is 0 Å². The molecule has 0 fully saturated rings. The van der Waals surface area contributed by atoms with Crippen LogP contribution in [0.4, 0.5) is 0 Å². The summed E-state index contributed by atoms with van der Waals surface area (Å²) in [6.45, 7) is 8.96. The second kappa shape index (κ2) is 6.97. The average Bonchev–Trinajstić information content (AvgIpc) is 2.58. The van der Waals surface area contributed by atoms with Crippen LogP contribution in [0.2, 0.25) is 0 Å². The van der Waals surface area contributed by atoms with Crippen molar-refractivity contribution in [3.8, 4) is 0 Å². The predicted molar refractivity (Wildman–Crippen MR) is 107 cm³/mol. The molecule has 0 heterocycles. The molecule has 24 heavy (non-hydrogen) atoms. The molecule has 1 atom stereocenters. The Hall–Kier alpha value is -1.82. The quantitative estimate of drug-likeness (QED) is 0.607. The van der Waals surface area contributed by atoms with Crippen molar-refractivity contribution in [2.24, 2.45) is 0 Å². The molecule has 0 spiro atoms. The van der Waals surface area contributed by atoms with E-state index in [-0.39, 0.29) is 5.41 Å². The van der Waals surface area contributed by atoms with Gasteiger partial charge in [0.25, 0.3) is 0 Å². The molecule has 0 aliphatic heterocycles. The minimum absolute atomic E-state index is 0.199. The zero-order valence-electron chi connectivity index (χ0n) is 14.9. The molecule has 122 valence electrons. The van der Waals surface area contributed by atoms with Crippen LogP contribution in [0.3, 0.4) is 0 Å². The van der Waals surface area contributed by atoms with E-state index in [2.05, 4.69) is 107 Å². The summed E-state index contributed by atoms with van der Waals surface area (Å²) in [5.41, 5.74) is 2.92. The van der Waals surface area contributed by atoms with E-state index in [0.29, 0.717) is 0 Å². The van der Waals surface area contributed by atoms with Gasteiger partial charge in [-0.3, -0.25) is 0 Å². The Morgan fingerprint density at radius 2 is 1.04 bits per heavy atom. The van der Waals surface area contributed by atoms with E-state index in [1.807, 2.05) is 0 Å². The number of hydrogen-bond donors (Lipinski definition) is 0. The summed E-state index contributed by atoms with van der Waals surface area (Å²) in [4.78, 5) is 0. The van der Waals surface area contributed by atoms with E-state index >= 15 is 0 Å². The summed E-state index contributed by atoms with van der Waals surface area (Å²) in [5, 5.41) is 0. The van der Waals surface area contributed by atoms with Crippen molar-refractivity contribution >= 4 is 27.3 Å². The Morgan fingerprint density at radius 1 is 0.583 bits per heavy atom. The number of benzene rings is 3. The zero-order valence-corrected chi connectivity index (χ0v) is 16.6. The van der Waals surface area contributed by atoms with E-state index in [4.69, 9.17) is 0 Å². The van der Waals surface area contributed by atoms with Crippen LogP contribution in [0, 0.1) is 6.92 Å². The Kier molecular flexibility index (Phi) is 4.94. The Morgan fingerprint density at radius 3 is 1.54 bits per heavy atom. The van der Waals surface area contributed by atoms with Gasteiger partial charge in [-0.25, -0.2) is 0 Å². The molecule has 0 aliphatic carbocycles. The summed E-state index contributed by atoms with van der Waals surface area (Å²) in [5.74, 6) is 0. The molecule has 3 rings (SSSR count). The summed E-state index contributed by atoms with van der Waals surface area (Å²) in [6, 6.07) is 29.4. The van der Waals surface area contributed by atoms with Crippen molar-refractivity contribution in [2.45, 2.75) is 33.1 Å². The van der Waals surface area contributed by atoms with Gasteiger partial charge in [-0.1, -0.05) is 0 Å². The first-order chi connectivity index (χ1) is 11.4. The van der Waals surface area contributed by atoms with E-state index in [1.165, 1.54) is 24.5 Å². The Bertz CT molecular complexity index is 778. The summed E-state index contributed by atoms with van der Waals surface area (Å²) in [6.07, 6.45) is 0. The van der Waals surface area contributed by atoms with Crippen molar-refractivity contribution in [1.82, 2.24) is 0 Å². The first kappa shape index (κ1) is 17.0. The van der Waals surface area contributed by atoms with Crippen LogP contribution < -0.4 is 13.4 Å². The summed E-state index contributed by atoms with van der Waals surface area (Å²) in [7, 11) is 0. The first-order valence-electron chi connectivity index (χ1n) is 8.42. The van der Waals surface area contributed by atoms with Gasteiger partial charge in [0.2, 0.25) is 0 Å². The molecule has 0 bridgehead atoms. The van der Waals surface area contributed by atoms with Crippen molar-refractivity contribution in [3.05, 3.63) is 90.0 Å². The average molecular weight is 380 g/mol. The van der Waals surface area contributed by atoms with Gasteiger partial charge in [0, 0.05) is 0 Å². The van der Waals surface area contributed by atoms with Crippen molar-refractivity contribution < 1.29 is 0 Å². The first-order valence-corrected chi connectivity index (χ1v) is 11.0. The molecule has 0 saturated heterocycles. The van der Waals surface area contributed by atoms with Gasteiger partial charge < -0.3 is 0 Å². The van der Waals surface area contributed by atoms with E-state index in [1.54, 1.807) is 0 Å². The third kappa shape index (κ3) is 3.80. The molecule has 0 N–H and O–H groups in total. The van der Waals surface area contributed by atoms with Gasteiger partial charge >= 0.3 is 150 Å².